The molecule has 1 atom stereocenters. The molecule has 2 aliphatic rings. The smallest absolute Gasteiger partial charge is 0.253 e. The lowest BCUT2D eigenvalue weighted by Gasteiger charge is -2.32. The van der Waals surface area contributed by atoms with Crippen LogP contribution in [0.25, 0.3) is 0 Å². The molecule has 4 rings (SSSR count). The third kappa shape index (κ3) is 5.43. The molecule has 2 fully saturated rings. The zero-order chi connectivity index (χ0) is 21.6. The van der Waals surface area contributed by atoms with Crippen molar-refractivity contribution in [2.24, 2.45) is 5.92 Å². The second kappa shape index (κ2) is 9.94. The number of halogens is 1. The lowest BCUT2D eigenvalue weighted by Crippen LogP contribution is -2.41. The first-order valence-electron chi connectivity index (χ1n) is 11.2. The van der Waals surface area contributed by atoms with Crippen molar-refractivity contribution in [1.82, 2.24) is 9.80 Å². The first-order valence-corrected chi connectivity index (χ1v) is 11.2. The third-order valence-corrected chi connectivity index (χ3v) is 6.11. The van der Waals surface area contributed by atoms with E-state index in [1.807, 2.05) is 29.2 Å². The summed E-state index contributed by atoms with van der Waals surface area (Å²) in [7, 11) is 0. The number of hydrogen-bond donors (Lipinski definition) is 0. The molecule has 2 aliphatic heterocycles. The van der Waals surface area contributed by atoms with Gasteiger partial charge in [0.15, 0.2) is 0 Å². The fraction of sp³-hybridized carbons (Fsp3) is 0.440. The van der Waals surface area contributed by atoms with Crippen molar-refractivity contribution in [1.29, 1.82) is 0 Å². The highest BCUT2D eigenvalue weighted by Gasteiger charge is 2.25. The van der Waals surface area contributed by atoms with E-state index in [1.165, 1.54) is 18.6 Å². The van der Waals surface area contributed by atoms with Gasteiger partial charge in [-0.25, -0.2) is 4.39 Å². The second-order valence-corrected chi connectivity index (χ2v) is 8.46. The summed E-state index contributed by atoms with van der Waals surface area (Å²) >= 11 is 0. The Morgan fingerprint density at radius 1 is 0.871 bits per heavy atom. The molecule has 0 N–H and O–H groups in total. The summed E-state index contributed by atoms with van der Waals surface area (Å²) < 4.78 is 19.4. The van der Waals surface area contributed by atoms with Gasteiger partial charge in [0.2, 0.25) is 0 Å². The van der Waals surface area contributed by atoms with Crippen LogP contribution in [0, 0.1) is 11.7 Å². The molecule has 0 saturated carbocycles. The van der Waals surface area contributed by atoms with E-state index in [0.717, 1.165) is 44.5 Å². The Hall–Kier alpha value is -2.89. The van der Waals surface area contributed by atoms with Crippen LogP contribution in [0.15, 0.2) is 48.5 Å². The molecule has 0 bridgehead atoms. The van der Waals surface area contributed by atoms with Gasteiger partial charge in [0.05, 0.1) is 6.61 Å². The second-order valence-electron chi connectivity index (χ2n) is 8.46. The summed E-state index contributed by atoms with van der Waals surface area (Å²) in [6.45, 7) is 3.46. The molecule has 0 aromatic heterocycles. The number of hydrogen-bond acceptors (Lipinski definition) is 3. The number of likely N-dealkylation sites (tertiary alicyclic amines) is 2. The molecule has 2 heterocycles. The Kier molecular flexibility index (Phi) is 6.85. The van der Waals surface area contributed by atoms with Crippen molar-refractivity contribution in [2.75, 3.05) is 32.8 Å². The Morgan fingerprint density at radius 2 is 1.58 bits per heavy atom. The molecule has 0 radical (unpaired) electrons. The molecule has 2 aromatic rings. The monoisotopic (exact) mass is 424 g/mol. The molecule has 164 valence electrons. The van der Waals surface area contributed by atoms with Gasteiger partial charge in [0.25, 0.3) is 11.8 Å². The summed E-state index contributed by atoms with van der Waals surface area (Å²) in [5.74, 6) is 0.504. The lowest BCUT2D eigenvalue weighted by molar-refractivity contribution is 0.0632. The third-order valence-electron chi connectivity index (χ3n) is 6.11. The van der Waals surface area contributed by atoms with E-state index >= 15 is 0 Å². The number of nitrogens with zero attached hydrogens (tertiary/aromatic N) is 2. The number of amides is 2. The van der Waals surface area contributed by atoms with Gasteiger partial charge in [-0.15, -0.1) is 0 Å². The fourth-order valence-electron chi connectivity index (χ4n) is 4.38. The summed E-state index contributed by atoms with van der Waals surface area (Å²) in [5.41, 5.74) is 1.08. The average Bonchev–Trinajstić information content (AvgIpc) is 2.83. The van der Waals surface area contributed by atoms with Crippen LogP contribution in [0.4, 0.5) is 4.39 Å². The molecule has 6 heteroatoms. The van der Waals surface area contributed by atoms with Crippen LogP contribution in [0.2, 0.25) is 0 Å². The van der Waals surface area contributed by atoms with Crippen LogP contribution in [-0.2, 0) is 0 Å². The zero-order valence-electron chi connectivity index (χ0n) is 17.8. The number of rotatable bonds is 5. The highest BCUT2D eigenvalue weighted by Crippen LogP contribution is 2.22. The number of carbonyl (C=O) groups is 2. The van der Waals surface area contributed by atoms with E-state index in [9.17, 15) is 14.0 Å². The minimum atomic E-state index is -0.398. The largest absolute Gasteiger partial charge is 0.493 e. The van der Waals surface area contributed by atoms with Gasteiger partial charge in [-0.3, -0.25) is 9.59 Å². The van der Waals surface area contributed by atoms with E-state index in [2.05, 4.69) is 0 Å². The van der Waals surface area contributed by atoms with Crippen molar-refractivity contribution in [3.05, 3.63) is 65.5 Å². The summed E-state index contributed by atoms with van der Waals surface area (Å²) in [6.07, 6.45) is 5.24. The van der Waals surface area contributed by atoms with Gasteiger partial charge < -0.3 is 14.5 Å². The number of ether oxygens (including phenoxy) is 1. The molecule has 5 nitrogen and oxygen atoms in total. The predicted molar refractivity (Wildman–Crippen MR) is 117 cm³/mol. The average molecular weight is 425 g/mol. The maximum atomic E-state index is 13.4. The molecule has 2 amide bonds. The van der Waals surface area contributed by atoms with Crippen molar-refractivity contribution in [3.63, 3.8) is 0 Å². The molecule has 2 saturated heterocycles. The van der Waals surface area contributed by atoms with E-state index in [0.29, 0.717) is 30.8 Å². The molecule has 0 aliphatic carbocycles. The molecular weight excluding hydrogens is 395 g/mol. The summed E-state index contributed by atoms with van der Waals surface area (Å²) in [4.78, 5) is 29.0. The first-order chi connectivity index (χ1) is 15.1. The maximum absolute atomic E-state index is 13.4. The van der Waals surface area contributed by atoms with Crippen LogP contribution in [-0.4, -0.2) is 54.4 Å². The van der Waals surface area contributed by atoms with Crippen LogP contribution >= 0.6 is 0 Å². The summed E-state index contributed by atoms with van der Waals surface area (Å²) in [6, 6.07) is 13.2. The Morgan fingerprint density at radius 3 is 2.32 bits per heavy atom. The van der Waals surface area contributed by atoms with Crippen LogP contribution in [0.3, 0.4) is 0 Å². The van der Waals surface area contributed by atoms with Gasteiger partial charge in [-0.2, -0.15) is 0 Å². The quantitative estimate of drug-likeness (QED) is 0.716. The van der Waals surface area contributed by atoms with Crippen molar-refractivity contribution < 1.29 is 18.7 Å². The van der Waals surface area contributed by atoms with Crippen molar-refractivity contribution in [3.8, 4) is 5.75 Å². The molecule has 2 aromatic carbocycles. The number of benzene rings is 2. The number of carbonyl (C=O) groups excluding carboxylic acids is 2. The molecular formula is C25H29FN2O3. The van der Waals surface area contributed by atoms with E-state index in [-0.39, 0.29) is 17.7 Å². The molecule has 0 unspecified atom stereocenters. The van der Waals surface area contributed by atoms with E-state index in [4.69, 9.17) is 4.74 Å². The Bertz CT molecular complexity index is 909. The van der Waals surface area contributed by atoms with Crippen molar-refractivity contribution in [2.45, 2.75) is 32.1 Å². The van der Waals surface area contributed by atoms with Crippen LogP contribution in [0.1, 0.15) is 52.8 Å². The normalized spacial score (nSPS) is 19.2. The number of piperidine rings is 2. The lowest BCUT2D eigenvalue weighted by atomic mass is 9.98. The predicted octanol–water partition coefficient (Wildman–Crippen LogP) is 4.38. The molecule has 31 heavy (non-hydrogen) atoms. The minimum Gasteiger partial charge on any atom is -0.493 e. The highest BCUT2D eigenvalue weighted by molar-refractivity contribution is 5.94. The topological polar surface area (TPSA) is 49.9 Å². The Balaban J connectivity index is 1.29. The van der Waals surface area contributed by atoms with Crippen molar-refractivity contribution >= 4 is 11.8 Å². The maximum Gasteiger partial charge on any atom is 0.253 e. The van der Waals surface area contributed by atoms with Crippen LogP contribution in [0.5, 0.6) is 5.75 Å². The van der Waals surface area contributed by atoms with Gasteiger partial charge in [-0.1, -0.05) is 6.07 Å². The minimum absolute atomic E-state index is 0.0880. The van der Waals surface area contributed by atoms with Gasteiger partial charge in [0.1, 0.15) is 11.6 Å². The fourth-order valence-corrected chi connectivity index (χ4v) is 4.38. The van der Waals surface area contributed by atoms with Gasteiger partial charge in [0, 0.05) is 43.2 Å². The first kappa shape index (κ1) is 21.3. The zero-order valence-corrected chi connectivity index (χ0v) is 17.8. The summed E-state index contributed by atoms with van der Waals surface area (Å²) in [5, 5.41) is 0. The van der Waals surface area contributed by atoms with Crippen LogP contribution < -0.4 is 4.74 Å². The SMILES string of the molecule is O=C(c1ccc(OC[C@@H]2CCCN(C(=O)c3cccc(F)c3)C2)cc1)N1CCCCC1. The molecule has 0 spiro atoms. The standard InChI is InChI=1S/C25H29FN2O3/c26-22-8-4-7-21(16-22)25(30)28-15-5-6-19(17-28)18-31-23-11-9-20(10-12-23)24(29)27-13-2-1-3-14-27/h4,7-12,16,19H,1-3,5-6,13-15,17-18H2/t19-/m1/s1. The van der Waals surface area contributed by atoms with Gasteiger partial charge >= 0.3 is 0 Å². The highest BCUT2D eigenvalue weighted by atomic mass is 19.1. The Labute approximate surface area is 182 Å². The van der Waals surface area contributed by atoms with Gasteiger partial charge in [-0.05, 0) is 74.6 Å². The van der Waals surface area contributed by atoms with E-state index < -0.39 is 5.82 Å². The van der Waals surface area contributed by atoms with E-state index in [1.54, 1.807) is 17.0 Å².